The lowest BCUT2D eigenvalue weighted by Gasteiger charge is -1.97. The summed E-state index contributed by atoms with van der Waals surface area (Å²) in [6, 6.07) is 13.0. The van der Waals surface area contributed by atoms with Crippen molar-refractivity contribution in [2.75, 3.05) is 0 Å². The highest BCUT2D eigenvalue weighted by atomic mass is 35.5. The normalized spacial score (nSPS) is 10.9. The maximum absolute atomic E-state index is 10.1. The first-order valence-electron chi connectivity index (χ1n) is 5.18. The average molecular weight is 245 g/mol. The molecule has 2 aromatic heterocycles. The molecular weight excluding hydrogens is 236 g/mol. The number of benzene rings is 1. The van der Waals surface area contributed by atoms with Gasteiger partial charge in [0.25, 0.3) is 0 Å². The van der Waals surface area contributed by atoms with Gasteiger partial charge in [-0.3, -0.25) is 4.40 Å². The summed E-state index contributed by atoms with van der Waals surface area (Å²) in [5.41, 5.74) is 2.08. The SMILES string of the molecule is Oc1c(-c2ccccc2)nc2cc(Cl)ccn12. The van der Waals surface area contributed by atoms with Crippen molar-refractivity contribution in [2.45, 2.75) is 0 Å². The Morgan fingerprint density at radius 2 is 1.88 bits per heavy atom. The number of aromatic nitrogens is 2. The van der Waals surface area contributed by atoms with Crippen LogP contribution in [0.1, 0.15) is 0 Å². The molecule has 0 bridgehead atoms. The van der Waals surface area contributed by atoms with E-state index in [2.05, 4.69) is 4.98 Å². The van der Waals surface area contributed by atoms with Crippen LogP contribution >= 0.6 is 11.6 Å². The first kappa shape index (κ1) is 10.2. The molecule has 0 spiro atoms. The monoisotopic (exact) mass is 244 g/mol. The molecule has 17 heavy (non-hydrogen) atoms. The molecule has 0 atom stereocenters. The standard InChI is InChI=1S/C13H9ClN2O/c14-10-6-7-16-11(8-10)15-12(13(16)17)9-4-2-1-3-5-9/h1-8,17H. The van der Waals surface area contributed by atoms with Crippen LogP contribution < -0.4 is 0 Å². The molecule has 4 heteroatoms. The number of halogens is 1. The fraction of sp³-hybridized carbons (Fsp3) is 0. The van der Waals surface area contributed by atoms with Gasteiger partial charge in [-0.1, -0.05) is 41.9 Å². The molecule has 1 aromatic carbocycles. The number of pyridine rings is 1. The molecule has 0 fully saturated rings. The van der Waals surface area contributed by atoms with Crippen molar-refractivity contribution in [1.82, 2.24) is 9.38 Å². The zero-order valence-corrected chi connectivity index (χ0v) is 9.59. The van der Waals surface area contributed by atoms with Crippen LogP contribution in [0.25, 0.3) is 16.9 Å². The van der Waals surface area contributed by atoms with Crippen molar-refractivity contribution in [3.63, 3.8) is 0 Å². The van der Waals surface area contributed by atoms with E-state index in [9.17, 15) is 5.11 Å². The zero-order valence-electron chi connectivity index (χ0n) is 8.84. The van der Waals surface area contributed by atoms with Crippen LogP contribution in [0, 0.1) is 0 Å². The van der Waals surface area contributed by atoms with Crippen LogP contribution in [0.4, 0.5) is 0 Å². The third kappa shape index (κ3) is 1.65. The Kier molecular flexibility index (Phi) is 2.27. The number of rotatable bonds is 1. The topological polar surface area (TPSA) is 37.5 Å². The molecule has 3 aromatic rings. The number of hydrogen-bond acceptors (Lipinski definition) is 2. The average Bonchev–Trinajstić information content (AvgIpc) is 2.67. The third-order valence-corrected chi connectivity index (χ3v) is 2.85. The first-order chi connectivity index (χ1) is 8.25. The van der Waals surface area contributed by atoms with Crippen LogP contribution in [0.2, 0.25) is 5.02 Å². The van der Waals surface area contributed by atoms with E-state index in [1.165, 1.54) is 0 Å². The van der Waals surface area contributed by atoms with Crippen molar-refractivity contribution in [3.05, 3.63) is 53.7 Å². The van der Waals surface area contributed by atoms with Crippen LogP contribution in [0.15, 0.2) is 48.7 Å². The predicted octanol–water partition coefficient (Wildman–Crippen LogP) is 3.36. The minimum Gasteiger partial charge on any atom is -0.493 e. The highest BCUT2D eigenvalue weighted by Gasteiger charge is 2.12. The van der Waals surface area contributed by atoms with Crippen molar-refractivity contribution in [3.8, 4) is 17.1 Å². The van der Waals surface area contributed by atoms with Crippen molar-refractivity contribution < 1.29 is 5.11 Å². The van der Waals surface area contributed by atoms with Gasteiger partial charge in [-0.05, 0) is 6.07 Å². The summed E-state index contributed by atoms with van der Waals surface area (Å²) in [5, 5.41) is 10.7. The molecule has 3 rings (SSSR count). The minimum absolute atomic E-state index is 0.128. The van der Waals surface area contributed by atoms with E-state index in [4.69, 9.17) is 11.6 Å². The Morgan fingerprint density at radius 1 is 1.12 bits per heavy atom. The van der Waals surface area contributed by atoms with E-state index in [-0.39, 0.29) is 5.88 Å². The van der Waals surface area contributed by atoms with Crippen molar-refractivity contribution in [2.24, 2.45) is 0 Å². The molecule has 0 aliphatic rings. The van der Waals surface area contributed by atoms with E-state index in [1.54, 1.807) is 22.7 Å². The lowest BCUT2D eigenvalue weighted by molar-refractivity contribution is 0.450. The molecule has 2 heterocycles. The fourth-order valence-corrected chi connectivity index (χ4v) is 1.95. The third-order valence-electron chi connectivity index (χ3n) is 2.61. The smallest absolute Gasteiger partial charge is 0.224 e. The van der Waals surface area contributed by atoms with Crippen molar-refractivity contribution in [1.29, 1.82) is 0 Å². The van der Waals surface area contributed by atoms with E-state index < -0.39 is 0 Å². The van der Waals surface area contributed by atoms with Crippen molar-refractivity contribution >= 4 is 17.2 Å². The second kappa shape index (κ2) is 3.79. The van der Waals surface area contributed by atoms with Gasteiger partial charge >= 0.3 is 0 Å². The minimum atomic E-state index is 0.128. The summed E-state index contributed by atoms with van der Waals surface area (Å²) in [6.45, 7) is 0. The Labute approximate surface area is 103 Å². The number of fused-ring (bicyclic) bond motifs is 1. The van der Waals surface area contributed by atoms with E-state index >= 15 is 0 Å². The summed E-state index contributed by atoms with van der Waals surface area (Å²) >= 11 is 5.89. The summed E-state index contributed by atoms with van der Waals surface area (Å²) < 4.78 is 1.61. The van der Waals surface area contributed by atoms with Gasteiger partial charge in [-0.15, -0.1) is 0 Å². The molecule has 0 aliphatic carbocycles. The molecule has 0 aliphatic heterocycles. The highest BCUT2D eigenvalue weighted by molar-refractivity contribution is 6.30. The number of hydrogen-bond donors (Lipinski definition) is 1. The number of imidazole rings is 1. The maximum atomic E-state index is 10.1. The van der Waals surface area contributed by atoms with Gasteiger partial charge in [0.2, 0.25) is 5.88 Å². The van der Waals surface area contributed by atoms with Gasteiger partial charge in [0.1, 0.15) is 11.3 Å². The lowest BCUT2D eigenvalue weighted by atomic mass is 10.2. The van der Waals surface area contributed by atoms with Gasteiger partial charge < -0.3 is 5.11 Å². The van der Waals surface area contributed by atoms with Crippen LogP contribution in [-0.4, -0.2) is 14.5 Å². The molecule has 84 valence electrons. The maximum Gasteiger partial charge on any atom is 0.224 e. The summed E-state index contributed by atoms with van der Waals surface area (Å²) in [7, 11) is 0. The van der Waals surface area contributed by atoms with Gasteiger partial charge in [-0.25, -0.2) is 4.98 Å². The summed E-state index contributed by atoms with van der Waals surface area (Å²) in [6.07, 6.45) is 1.70. The Morgan fingerprint density at radius 3 is 2.65 bits per heavy atom. The predicted molar refractivity (Wildman–Crippen MR) is 67.3 cm³/mol. The number of aromatic hydroxyl groups is 1. The number of nitrogens with zero attached hydrogens (tertiary/aromatic N) is 2. The second-order valence-corrected chi connectivity index (χ2v) is 4.16. The summed E-state index contributed by atoms with van der Waals surface area (Å²) in [4.78, 5) is 4.37. The quantitative estimate of drug-likeness (QED) is 0.713. The van der Waals surface area contributed by atoms with E-state index in [0.717, 1.165) is 5.56 Å². The molecule has 0 unspecified atom stereocenters. The zero-order chi connectivity index (χ0) is 11.8. The highest BCUT2D eigenvalue weighted by Crippen LogP contribution is 2.29. The molecular formula is C13H9ClN2O. The molecule has 0 saturated heterocycles. The van der Waals surface area contributed by atoms with Gasteiger partial charge in [0, 0.05) is 22.8 Å². The molecule has 1 N–H and O–H groups in total. The summed E-state index contributed by atoms with van der Waals surface area (Å²) in [5.74, 6) is 0.128. The molecule has 3 nitrogen and oxygen atoms in total. The van der Waals surface area contributed by atoms with Gasteiger partial charge in [0.15, 0.2) is 0 Å². The lowest BCUT2D eigenvalue weighted by Crippen LogP contribution is -1.81. The van der Waals surface area contributed by atoms with E-state index in [1.807, 2.05) is 30.3 Å². The van der Waals surface area contributed by atoms with Crippen LogP contribution in [0.5, 0.6) is 5.88 Å². The first-order valence-corrected chi connectivity index (χ1v) is 5.55. The Hall–Kier alpha value is -2.00. The second-order valence-electron chi connectivity index (χ2n) is 3.72. The molecule has 0 saturated carbocycles. The molecule has 0 radical (unpaired) electrons. The largest absolute Gasteiger partial charge is 0.493 e. The molecule has 0 amide bonds. The Balaban J connectivity index is 2.28. The van der Waals surface area contributed by atoms with Gasteiger partial charge in [-0.2, -0.15) is 0 Å². The Bertz CT molecular complexity index is 676. The van der Waals surface area contributed by atoms with Crippen LogP contribution in [-0.2, 0) is 0 Å². The van der Waals surface area contributed by atoms with Gasteiger partial charge in [0.05, 0.1) is 0 Å². The van der Waals surface area contributed by atoms with E-state index in [0.29, 0.717) is 16.4 Å². The van der Waals surface area contributed by atoms with Crippen LogP contribution in [0.3, 0.4) is 0 Å². The fourth-order valence-electron chi connectivity index (χ4n) is 1.80.